The number of aliphatic hydroxyl groups excluding tert-OH is 1. The van der Waals surface area contributed by atoms with Crippen molar-refractivity contribution in [3.63, 3.8) is 0 Å². The van der Waals surface area contributed by atoms with E-state index >= 15 is 0 Å². The van der Waals surface area contributed by atoms with Crippen LogP contribution in [0.15, 0.2) is 18.2 Å². The minimum absolute atomic E-state index is 0.165. The zero-order valence-electron chi connectivity index (χ0n) is 10.5. The Hall–Kier alpha value is -1.06. The van der Waals surface area contributed by atoms with E-state index < -0.39 is 0 Å². The maximum absolute atomic E-state index is 9.46. The lowest BCUT2D eigenvalue weighted by Crippen LogP contribution is -2.20. The highest BCUT2D eigenvalue weighted by Gasteiger charge is 2.12. The van der Waals surface area contributed by atoms with E-state index in [2.05, 4.69) is 28.8 Å². The summed E-state index contributed by atoms with van der Waals surface area (Å²) in [5.41, 5.74) is 4.08. The lowest BCUT2D eigenvalue weighted by molar-refractivity contribution is 0.159. The number of fused-ring (bicyclic) bond motifs is 1. The summed E-state index contributed by atoms with van der Waals surface area (Å²) in [6.07, 6.45) is 2.64. The molecular formula is C14H22N2O. The maximum Gasteiger partial charge on any atom is 0.0549 e. The maximum atomic E-state index is 9.46. The molecule has 1 atom stereocenters. The normalized spacial score (nSPS) is 15.4. The molecule has 0 radical (unpaired) electrons. The van der Waals surface area contributed by atoms with Gasteiger partial charge in [-0.1, -0.05) is 25.1 Å². The van der Waals surface area contributed by atoms with Crippen LogP contribution in [0.2, 0.25) is 0 Å². The van der Waals surface area contributed by atoms with Crippen LogP contribution in [-0.2, 0) is 13.0 Å². The molecule has 2 rings (SSSR count). The van der Waals surface area contributed by atoms with Crippen molar-refractivity contribution in [2.24, 2.45) is 0 Å². The third kappa shape index (κ3) is 3.20. The summed E-state index contributed by atoms with van der Waals surface area (Å²) in [6, 6.07) is 6.49. The number of hydrogen-bond donors (Lipinski definition) is 3. The van der Waals surface area contributed by atoms with Gasteiger partial charge in [-0.2, -0.15) is 0 Å². The molecule has 0 saturated heterocycles. The Kier molecular flexibility index (Phi) is 4.40. The average molecular weight is 234 g/mol. The molecule has 1 aromatic rings. The van der Waals surface area contributed by atoms with Gasteiger partial charge < -0.3 is 15.7 Å². The Morgan fingerprint density at radius 1 is 1.47 bits per heavy atom. The van der Waals surface area contributed by atoms with Crippen LogP contribution in [0.3, 0.4) is 0 Å². The first kappa shape index (κ1) is 12.4. The molecule has 0 spiro atoms. The first-order chi connectivity index (χ1) is 8.31. The Morgan fingerprint density at radius 3 is 3.18 bits per heavy atom. The second-order valence-corrected chi connectivity index (χ2v) is 4.66. The second kappa shape index (κ2) is 6.03. The number of aliphatic hydroxyl groups is 1. The number of benzene rings is 1. The van der Waals surface area contributed by atoms with Crippen molar-refractivity contribution in [3.8, 4) is 0 Å². The quantitative estimate of drug-likeness (QED) is 0.659. The molecule has 0 fully saturated rings. The summed E-state index contributed by atoms with van der Waals surface area (Å²) >= 11 is 0. The van der Waals surface area contributed by atoms with Gasteiger partial charge in [0, 0.05) is 18.8 Å². The van der Waals surface area contributed by atoms with Gasteiger partial charge in [0.05, 0.1) is 6.10 Å². The Morgan fingerprint density at radius 2 is 2.35 bits per heavy atom. The molecule has 1 heterocycles. The SMILES string of the molecule is CCC(O)CCNCc1cccc2c1NCC2. The second-order valence-electron chi connectivity index (χ2n) is 4.66. The number of hydrogen-bond acceptors (Lipinski definition) is 3. The van der Waals surface area contributed by atoms with Crippen molar-refractivity contribution in [2.75, 3.05) is 18.4 Å². The van der Waals surface area contributed by atoms with Crippen molar-refractivity contribution in [1.82, 2.24) is 5.32 Å². The van der Waals surface area contributed by atoms with Gasteiger partial charge in [0.25, 0.3) is 0 Å². The smallest absolute Gasteiger partial charge is 0.0549 e. The molecule has 3 heteroatoms. The fraction of sp³-hybridized carbons (Fsp3) is 0.571. The predicted octanol–water partition coefficient (Wildman–Crippen LogP) is 1.91. The Bertz CT molecular complexity index is 365. The molecule has 3 nitrogen and oxygen atoms in total. The van der Waals surface area contributed by atoms with Crippen molar-refractivity contribution < 1.29 is 5.11 Å². The van der Waals surface area contributed by atoms with Gasteiger partial charge >= 0.3 is 0 Å². The zero-order valence-corrected chi connectivity index (χ0v) is 10.5. The largest absolute Gasteiger partial charge is 0.393 e. The summed E-state index contributed by atoms with van der Waals surface area (Å²) in [4.78, 5) is 0. The molecule has 0 aliphatic carbocycles. The van der Waals surface area contributed by atoms with E-state index in [9.17, 15) is 5.11 Å². The van der Waals surface area contributed by atoms with E-state index in [1.165, 1.54) is 16.8 Å². The monoisotopic (exact) mass is 234 g/mol. The van der Waals surface area contributed by atoms with E-state index in [0.717, 1.165) is 38.9 Å². The molecule has 94 valence electrons. The van der Waals surface area contributed by atoms with Gasteiger partial charge in [0.15, 0.2) is 0 Å². The van der Waals surface area contributed by atoms with Crippen LogP contribution in [-0.4, -0.2) is 24.3 Å². The van der Waals surface area contributed by atoms with Gasteiger partial charge in [-0.25, -0.2) is 0 Å². The zero-order chi connectivity index (χ0) is 12.1. The fourth-order valence-electron chi connectivity index (χ4n) is 2.25. The van der Waals surface area contributed by atoms with Crippen molar-refractivity contribution >= 4 is 5.69 Å². The summed E-state index contributed by atoms with van der Waals surface area (Å²) < 4.78 is 0. The standard InChI is InChI=1S/C14H22N2O/c1-2-13(17)7-8-15-10-12-5-3-4-11-6-9-16-14(11)12/h3-5,13,15-17H,2,6-10H2,1H3. The molecule has 17 heavy (non-hydrogen) atoms. The third-order valence-electron chi connectivity index (χ3n) is 3.37. The number of rotatable bonds is 6. The minimum Gasteiger partial charge on any atom is -0.393 e. The molecule has 0 saturated carbocycles. The van der Waals surface area contributed by atoms with E-state index in [1.54, 1.807) is 0 Å². The Labute approximate surface area is 103 Å². The molecule has 1 unspecified atom stereocenters. The van der Waals surface area contributed by atoms with Crippen molar-refractivity contribution in [1.29, 1.82) is 0 Å². The van der Waals surface area contributed by atoms with E-state index in [0.29, 0.717) is 0 Å². The van der Waals surface area contributed by atoms with Crippen LogP contribution >= 0.6 is 0 Å². The van der Waals surface area contributed by atoms with Crippen LogP contribution in [0, 0.1) is 0 Å². The number of nitrogens with one attached hydrogen (secondary N) is 2. The highest BCUT2D eigenvalue weighted by molar-refractivity contribution is 5.61. The average Bonchev–Trinajstić information content (AvgIpc) is 2.83. The third-order valence-corrected chi connectivity index (χ3v) is 3.37. The Balaban J connectivity index is 1.82. The molecular weight excluding hydrogens is 212 g/mol. The van der Waals surface area contributed by atoms with Crippen LogP contribution < -0.4 is 10.6 Å². The van der Waals surface area contributed by atoms with Gasteiger partial charge in [0.2, 0.25) is 0 Å². The highest BCUT2D eigenvalue weighted by Crippen LogP contribution is 2.26. The van der Waals surface area contributed by atoms with Crippen LogP contribution in [0.1, 0.15) is 30.9 Å². The topological polar surface area (TPSA) is 44.3 Å². The fourth-order valence-corrected chi connectivity index (χ4v) is 2.25. The molecule has 1 aliphatic rings. The lowest BCUT2D eigenvalue weighted by Gasteiger charge is -2.11. The molecule has 0 bridgehead atoms. The number of anilines is 1. The van der Waals surface area contributed by atoms with Gasteiger partial charge in [-0.15, -0.1) is 0 Å². The van der Waals surface area contributed by atoms with Crippen molar-refractivity contribution in [2.45, 2.75) is 38.8 Å². The van der Waals surface area contributed by atoms with Gasteiger partial charge in [-0.3, -0.25) is 0 Å². The van der Waals surface area contributed by atoms with Gasteiger partial charge in [-0.05, 0) is 36.9 Å². The first-order valence-electron chi connectivity index (χ1n) is 6.54. The van der Waals surface area contributed by atoms with E-state index in [4.69, 9.17) is 0 Å². The van der Waals surface area contributed by atoms with Crippen LogP contribution in [0.4, 0.5) is 5.69 Å². The molecule has 0 amide bonds. The van der Waals surface area contributed by atoms with Crippen LogP contribution in [0.5, 0.6) is 0 Å². The molecule has 3 N–H and O–H groups in total. The summed E-state index contributed by atoms with van der Waals surface area (Å²) in [5.74, 6) is 0. The molecule has 1 aliphatic heterocycles. The molecule has 1 aromatic carbocycles. The van der Waals surface area contributed by atoms with E-state index in [-0.39, 0.29) is 6.10 Å². The van der Waals surface area contributed by atoms with Crippen LogP contribution in [0.25, 0.3) is 0 Å². The predicted molar refractivity (Wildman–Crippen MR) is 71.3 cm³/mol. The summed E-state index contributed by atoms with van der Waals surface area (Å²) in [6.45, 7) is 4.82. The minimum atomic E-state index is -0.165. The lowest BCUT2D eigenvalue weighted by atomic mass is 10.1. The van der Waals surface area contributed by atoms with Gasteiger partial charge in [0.1, 0.15) is 0 Å². The summed E-state index contributed by atoms with van der Waals surface area (Å²) in [5, 5.41) is 16.3. The summed E-state index contributed by atoms with van der Waals surface area (Å²) in [7, 11) is 0. The first-order valence-corrected chi connectivity index (χ1v) is 6.54. The van der Waals surface area contributed by atoms with E-state index in [1.807, 2.05) is 6.92 Å². The number of para-hydroxylation sites is 1. The van der Waals surface area contributed by atoms with Crippen molar-refractivity contribution in [3.05, 3.63) is 29.3 Å². The highest BCUT2D eigenvalue weighted by atomic mass is 16.3. The molecule has 0 aromatic heterocycles.